The van der Waals surface area contributed by atoms with Gasteiger partial charge in [-0.1, -0.05) is 5.11 Å². The lowest BCUT2D eigenvalue weighted by Crippen LogP contribution is -2.60. The van der Waals surface area contributed by atoms with Gasteiger partial charge in [0.2, 0.25) is 0 Å². The third kappa shape index (κ3) is 5.41. The van der Waals surface area contributed by atoms with Gasteiger partial charge in [0.05, 0.1) is 0 Å². The molecular weight excluding hydrogens is 432 g/mol. The van der Waals surface area contributed by atoms with Crippen molar-refractivity contribution in [2.45, 2.75) is 51.4 Å². The fourth-order valence-corrected chi connectivity index (χ4v) is 4.47. The van der Waals surface area contributed by atoms with E-state index in [1.165, 1.54) is 0 Å². The summed E-state index contributed by atoms with van der Waals surface area (Å²) in [6.07, 6.45) is -5.49. The molecule has 13 nitrogen and oxygen atoms in total. The molecule has 1 aliphatic heterocycles. The van der Waals surface area contributed by atoms with Gasteiger partial charge in [0, 0.05) is 25.7 Å². The Hall–Kier alpha value is -2.74. The average Bonchev–Trinajstić information content (AvgIpc) is 2.94. The molecule has 1 saturated heterocycles. The number of azide groups is 1. The fraction of sp³-hybridized carbons (Fsp3) is 0.643. The van der Waals surface area contributed by atoms with Crippen molar-refractivity contribution < 1.29 is 33.3 Å². The maximum atomic E-state index is 12.2. The number of esters is 3. The zero-order chi connectivity index (χ0) is 21.7. The van der Waals surface area contributed by atoms with Crippen LogP contribution in [-0.2, 0) is 33.3 Å². The first-order valence-corrected chi connectivity index (χ1v) is 10.2. The molecule has 158 valence electrons. The van der Waals surface area contributed by atoms with Crippen molar-refractivity contribution in [2.75, 3.05) is 6.61 Å². The van der Waals surface area contributed by atoms with Crippen LogP contribution in [0.5, 0.6) is 0 Å². The van der Waals surface area contributed by atoms with E-state index in [0.717, 1.165) is 25.3 Å². The SMILES string of the molecule is CC(=O)OC[C@H]1O[C@@H](N=[N+]=[N-])[C@H](n2c(=O)ssc2=O)[C@@H](OC(C)=O)[C@@H]1OC(C)=O. The maximum Gasteiger partial charge on any atom is 0.321 e. The van der Waals surface area contributed by atoms with Crippen LogP contribution in [0.2, 0.25) is 0 Å². The molecule has 0 saturated carbocycles. The molecule has 0 aromatic carbocycles. The molecule has 0 unspecified atom stereocenters. The minimum atomic E-state index is -1.50. The molecule has 1 aromatic heterocycles. The van der Waals surface area contributed by atoms with E-state index in [2.05, 4.69) is 10.0 Å². The third-order valence-corrected chi connectivity index (χ3v) is 5.60. The highest BCUT2D eigenvalue weighted by Crippen LogP contribution is 2.34. The van der Waals surface area contributed by atoms with Crippen LogP contribution in [0.3, 0.4) is 0 Å². The number of hydrogen-bond acceptors (Lipinski definition) is 12. The van der Waals surface area contributed by atoms with Gasteiger partial charge in [0.15, 0.2) is 18.4 Å². The van der Waals surface area contributed by atoms with Crippen LogP contribution >= 0.6 is 20.7 Å². The topological polar surface area (TPSA) is 176 Å². The van der Waals surface area contributed by atoms with Crippen LogP contribution in [-0.4, -0.2) is 53.6 Å². The van der Waals surface area contributed by atoms with Crippen molar-refractivity contribution in [3.05, 3.63) is 29.8 Å². The summed E-state index contributed by atoms with van der Waals surface area (Å²) in [6, 6.07) is -1.41. The minimum Gasteiger partial charge on any atom is -0.463 e. The molecule has 1 aromatic rings. The Morgan fingerprint density at radius 1 is 1.07 bits per heavy atom. The maximum absolute atomic E-state index is 12.2. The van der Waals surface area contributed by atoms with E-state index in [0.29, 0.717) is 20.7 Å². The second-order valence-electron chi connectivity index (χ2n) is 5.78. The third-order valence-electron chi connectivity index (χ3n) is 3.73. The molecule has 0 aliphatic carbocycles. The van der Waals surface area contributed by atoms with E-state index >= 15 is 0 Å². The summed E-state index contributed by atoms with van der Waals surface area (Å²) in [6.45, 7) is 2.86. The molecule has 0 amide bonds. The Bertz CT molecular complexity index is 920. The average molecular weight is 448 g/mol. The van der Waals surface area contributed by atoms with Crippen LogP contribution in [0.15, 0.2) is 14.7 Å². The Morgan fingerprint density at radius 3 is 2.10 bits per heavy atom. The minimum absolute atomic E-state index is 0.430. The molecule has 0 radical (unpaired) electrons. The molecule has 1 aliphatic rings. The first-order chi connectivity index (χ1) is 13.6. The van der Waals surface area contributed by atoms with Crippen LogP contribution in [0.4, 0.5) is 0 Å². The van der Waals surface area contributed by atoms with E-state index < -0.39 is 64.8 Å². The highest BCUT2D eigenvalue weighted by molar-refractivity contribution is 7.67. The van der Waals surface area contributed by atoms with E-state index in [9.17, 15) is 24.0 Å². The second-order valence-corrected chi connectivity index (χ2v) is 7.81. The van der Waals surface area contributed by atoms with Crippen LogP contribution in [0.1, 0.15) is 26.8 Å². The first kappa shape index (κ1) is 22.5. The molecule has 29 heavy (non-hydrogen) atoms. The molecule has 2 heterocycles. The molecule has 15 heteroatoms. The Morgan fingerprint density at radius 2 is 1.62 bits per heavy atom. The van der Waals surface area contributed by atoms with Crippen molar-refractivity contribution in [2.24, 2.45) is 5.11 Å². The van der Waals surface area contributed by atoms with Crippen molar-refractivity contribution in [3.8, 4) is 0 Å². The fourth-order valence-electron chi connectivity index (χ4n) is 2.79. The van der Waals surface area contributed by atoms with Crippen LogP contribution in [0, 0.1) is 0 Å². The molecule has 0 bridgehead atoms. The summed E-state index contributed by atoms with van der Waals surface area (Å²) < 4.78 is 21.7. The van der Waals surface area contributed by atoms with E-state index in [1.807, 2.05) is 0 Å². The predicted molar refractivity (Wildman–Crippen MR) is 97.3 cm³/mol. The van der Waals surface area contributed by atoms with Gasteiger partial charge in [0.1, 0.15) is 18.8 Å². The Balaban J connectivity index is 2.61. The van der Waals surface area contributed by atoms with Crippen molar-refractivity contribution >= 4 is 38.6 Å². The smallest absolute Gasteiger partial charge is 0.321 e. The monoisotopic (exact) mass is 448 g/mol. The highest BCUT2D eigenvalue weighted by atomic mass is 32.9. The summed E-state index contributed by atoms with van der Waals surface area (Å²) in [5.41, 5.74) is 8.90. The van der Waals surface area contributed by atoms with Gasteiger partial charge in [0.25, 0.3) is 0 Å². The molecule has 0 spiro atoms. The lowest BCUT2D eigenvalue weighted by atomic mass is 9.95. The number of carbonyl (C=O) groups excluding carboxylic acids is 3. The molecular formula is C14H16N4O9S2. The number of aromatic nitrogens is 1. The van der Waals surface area contributed by atoms with Crippen LogP contribution in [0.25, 0.3) is 10.4 Å². The number of nitrogens with zero attached hydrogens (tertiary/aromatic N) is 4. The second kappa shape index (κ2) is 9.65. The summed E-state index contributed by atoms with van der Waals surface area (Å²) >= 11 is 0. The Labute approximate surface area is 169 Å². The van der Waals surface area contributed by atoms with Gasteiger partial charge >= 0.3 is 27.7 Å². The van der Waals surface area contributed by atoms with Gasteiger partial charge in [-0.2, -0.15) is 0 Å². The number of carbonyl (C=O) groups is 3. The van der Waals surface area contributed by atoms with Crippen molar-refractivity contribution in [1.82, 2.24) is 4.57 Å². The lowest BCUT2D eigenvalue weighted by Gasteiger charge is -2.43. The van der Waals surface area contributed by atoms with Gasteiger partial charge in [-0.05, 0) is 26.2 Å². The van der Waals surface area contributed by atoms with Crippen molar-refractivity contribution in [1.29, 1.82) is 0 Å². The molecule has 5 atom stereocenters. The summed E-state index contributed by atoms with van der Waals surface area (Å²) in [4.78, 5) is 60.2. The van der Waals surface area contributed by atoms with Gasteiger partial charge in [-0.25, -0.2) is 4.57 Å². The van der Waals surface area contributed by atoms with Gasteiger partial charge in [-0.3, -0.25) is 24.0 Å². The molecule has 0 N–H and O–H groups in total. The normalized spacial score (nSPS) is 26.1. The van der Waals surface area contributed by atoms with Crippen molar-refractivity contribution in [3.63, 3.8) is 0 Å². The molecule has 1 fully saturated rings. The lowest BCUT2D eigenvalue weighted by molar-refractivity contribution is -0.229. The summed E-state index contributed by atoms with van der Waals surface area (Å²) in [5, 5.41) is 3.45. The standard InChI is InChI=1S/C14H16N4O9S2/c1-5(19)24-4-8-10(25-6(2)20)11(26-7(3)21)9(12(27-8)16-17-15)18-13(22)28-29-14(18)23/h8-12H,4H2,1-3H3/t8-,9-,10-,11-,12-/m1/s1. The van der Waals surface area contributed by atoms with E-state index in [4.69, 9.17) is 24.5 Å². The van der Waals surface area contributed by atoms with Gasteiger partial charge in [-0.15, -0.1) is 0 Å². The summed E-state index contributed by atoms with van der Waals surface area (Å²) in [7, 11) is 1.25. The zero-order valence-electron chi connectivity index (χ0n) is 15.4. The number of hydrogen-bond donors (Lipinski definition) is 0. The van der Waals surface area contributed by atoms with Crippen LogP contribution < -0.4 is 9.75 Å². The zero-order valence-corrected chi connectivity index (χ0v) is 17.0. The Kier molecular flexibility index (Phi) is 7.50. The number of ether oxygens (including phenoxy) is 4. The van der Waals surface area contributed by atoms with Gasteiger partial charge < -0.3 is 18.9 Å². The predicted octanol–water partition coefficient (Wildman–Crippen LogP) is 0.334. The number of rotatable bonds is 6. The van der Waals surface area contributed by atoms with E-state index in [-0.39, 0.29) is 0 Å². The largest absolute Gasteiger partial charge is 0.463 e. The molecule has 2 rings (SSSR count). The highest BCUT2D eigenvalue weighted by Gasteiger charge is 2.52. The quantitative estimate of drug-likeness (QED) is 0.148. The van der Waals surface area contributed by atoms with E-state index in [1.54, 1.807) is 0 Å². The first-order valence-electron chi connectivity index (χ1n) is 8.04. The summed E-state index contributed by atoms with van der Waals surface area (Å²) in [5.74, 6) is -2.27.